The maximum Gasteiger partial charge on any atom is 0.280 e. The average molecular weight is 322 g/mol. The van der Waals surface area contributed by atoms with Crippen LogP contribution in [-0.2, 0) is 6.54 Å². The third kappa shape index (κ3) is 3.23. The normalized spacial score (nSPS) is 11.4. The van der Waals surface area contributed by atoms with Crippen molar-refractivity contribution in [1.82, 2.24) is 4.57 Å². The van der Waals surface area contributed by atoms with Crippen molar-refractivity contribution in [2.24, 2.45) is 4.99 Å². The molecule has 9 nitrogen and oxygen atoms in total. The number of thiazole rings is 1. The predicted molar refractivity (Wildman–Crippen MR) is 77.6 cm³/mol. The van der Waals surface area contributed by atoms with Crippen LogP contribution in [0.15, 0.2) is 34.8 Å². The summed E-state index contributed by atoms with van der Waals surface area (Å²) in [6.45, 7) is 2.47. The van der Waals surface area contributed by atoms with Crippen LogP contribution in [0, 0.1) is 20.2 Å². The minimum Gasteiger partial charge on any atom is -0.324 e. The lowest BCUT2D eigenvalue weighted by molar-refractivity contribution is -0.394. The van der Waals surface area contributed by atoms with Gasteiger partial charge in [0.25, 0.3) is 17.3 Å². The van der Waals surface area contributed by atoms with Gasteiger partial charge in [-0.3, -0.25) is 25.0 Å². The monoisotopic (exact) mass is 322 g/mol. The summed E-state index contributed by atoms with van der Waals surface area (Å²) in [5, 5.41) is 23.4. The van der Waals surface area contributed by atoms with Crippen LogP contribution in [0.4, 0.5) is 11.4 Å². The zero-order valence-corrected chi connectivity index (χ0v) is 12.1. The number of carbonyl (C=O) groups is 1. The fraction of sp³-hybridized carbons (Fsp3) is 0.167. The molecule has 0 aliphatic carbocycles. The molecule has 0 N–H and O–H groups in total. The molecule has 0 spiro atoms. The standard InChI is InChI=1S/C12H10N4O5S/c1-2-14-3-4-22-12(14)13-11(17)8-5-9(15(18)19)7-10(6-8)16(20)21/h3-7H,2H2,1H3. The van der Waals surface area contributed by atoms with E-state index in [1.807, 2.05) is 6.92 Å². The minimum atomic E-state index is -0.791. The summed E-state index contributed by atoms with van der Waals surface area (Å²) in [5.74, 6) is -0.767. The average Bonchev–Trinajstić information content (AvgIpc) is 2.93. The highest BCUT2D eigenvalue weighted by molar-refractivity contribution is 7.07. The van der Waals surface area contributed by atoms with Crippen molar-refractivity contribution >= 4 is 28.6 Å². The zero-order valence-electron chi connectivity index (χ0n) is 11.3. The van der Waals surface area contributed by atoms with Gasteiger partial charge in [-0.05, 0) is 6.92 Å². The van der Waals surface area contributed by atoms with Crippen LogP contribution in [0.1, 0.15) is 17.3 Å². The molecule has 1 amide bonds. The van der Waals surface area contributed by atoms with E-state index in [1.54, 1.807) is 16.1 Å². The molecule has 10 heteroatoms. The number of hydrogen-bond donors (Lipinski definition) is 0. The van der Waals surface area contributed by atoms with Crippen molar-refractivity contribution in [3.63, 3.8) is 0 Å². The van der Waals surface area contributed by atoms with Crippen molar-refractivity contribution in [2.45, 2.75) is 13.5 Å². The number of aromatic nitrogens is 1. The van der Waals surface area contributed by atoms with E-state index in [9.17, 15) is 25.0 Å². The number of nitro benzene ring substituents is 2. The van der Waals surface area contributed by atoms with Gasteiger partial charge in [-0.1, -0.05) is 0 Å². The van der Waals surface area contributed by atoms with E-state index in [2.05, 4.69) is 4.99 Å². The minimum absolute atomic E-state index is 0.197. The van der Waals surface area contributed by atoms with Gasteiger partial charge in [-0.25, -0.2) is 0 Å². The first kappa shape index (κ1) is 15.5. The summed E-state index contributed by atoms with van der Waals surface area (Å²) in [5.41, 5.74) is -1.25. The highest BCUT2D eigenvalue weighted by Crippen LogP contribution is 2.23. The Morgan fingerprint density at radius 1 is 1.23 bits per heavy atom. The third-order valence-corrected chi connectivity index (χ3v) is 3.56. The Balaban J connectivity index is 2.52. The summed E-state index contributed by atoms with van der Waals surface area (Å²) in [7, 11) is 0. The van der Waals surface area contributed by atoms with Gasteiger partial charge in [0, 0.05) is 30.3 Å². The van der Waals surface area contributed by atoms with Crippen LogP contribution in [0.25, 0.3) is 0 Å². The van der Waals surface area contributed by atoms with Gasteiger partial charge in [0.1, 0.15) is 0 Å². The van der Waals surface area contributed by atoms with Crippen LogP contribution in [0.2, 0.25) is 0 Å². The fourth-order valence-electron chi connectivity index (χ4n) is 1.71. The van der Waals surface area contributed by atoms with Gasteiger partial charge in [-0.15, -0.1) is 11.3 Å². The van der Waals surface area contributed by atoms with Crippen LogP contribution >= 0.6 is 11.3 Å². The molecule has 2 rings (SSSR count). The van der Waals surface area contributed by atoms with Crippen LogP contribution in [0.3, 0.4) is 0 Å². The second-order valence-electron chi connectivity index (χ2n) is 4.14. The summed E-state index contributed by atoms with van der Waals surface area (Å²) in [4.78, 5) is 36.4. The molecular weight excluding hydrogens is 312 g/mol. The number of rotatable bonds is 4. The first-order chi connectivity index (χ1) is 10.4. The van der Waals surface area contributed by atoms with Crippen molar-refractivity contribution in [3.05, 3.63) is 60.4 Å². The molecule has 0 aliphatic heterocycles. The molecule has 0 unspecified atom stereocenters. The van der Waals surface area contributed by atoms with Gasteiger partial charge in [-0.2, -0.15) is 4.99 Å². The first-order valence-corrected chi connectivity index (χ1v) is 6.97. The Morgan fingerprint density at radius 3 is 2.32 bits per heavy atom. The Kier molecular flexibility index (Phi) is 4.41. The van der Waals surface area contributed by atoms with E-state index in [0.29, 0.717) is 11.3 Å². The number of non-ortho nitro benzene ring substituents is 2. The number of hydrogen-bond acceptors (Lipinski definition) is 6. The first-order valence-electron chi connectivity index (χ1n) is 6.09. The van der Waals surface area contributed by atoms with Gasteiger partial charge in [0.15, 0.2) is 4.80 Å². The molecule has 0 atom stereocenters. The van der Waals surface area contributed by atoms with Crippen LogP contribution in [-0.4, -0.2) is 20.3 Å². The maximum atomic E-state index is 12.1. The molecule has 1 heterocycles. The quantitative estimate of drug-likeness (QED) is 0.630. The second-order valence-corrected chi connectivity index (χ2v) is 5.01. The van der Waals surface area contributed by atoms with E-state index in [-0.39, 0.29) is 5.56 Å². The molecule has 0 bridgehead atoms. The van der Waals surface area contributed by atoms with Gasteiger partial charge in [0.05, 0.1) is 21.5 Å². The topological polar surface area (TPSA) is 121 Å². The molecule has 1 aromatic carbocycles. The zero-order chi connectivity index (χ0) is 16.3. The lowest BCUT2D eigenvalue weighted by atomic mass is 10.1. The Labute approximate surface area is 127 Å². The Morgan fingerprint density at radius 2 is 1.82 bits per heavy atom. The summed E-state index contributed by atoms with van der Waals surface area (Å²) in [6, 6.07) is 2.75. The second kappa shape index (κ2) is 6.26. The van der Waals surface area contributed by atoms with E-state index >= 15 is 0 Å². The van der Waals surface area contributed by atoms with Gasteiger partial charge >= 0.3 is 0 Å². The van der Waals surface area contributed by atoms with Gasteiger partial charge < -0.3 is 4.57 Å². The number of aryl methyl sites for hydroxylation is 1. The maximum absolute atomic E-state index is 12.1. The summed E-state index contributed by atoms with van der Waals surface area (Å²) >= 11 is 1.23. The lowest BCUT2D eigenvalue weighted by Gasteiger charge is -1.98. The van der Waals surface area contributed by atoms with E-state index in [0.717, 1.165) is 18.2 Å². The molecule has 22 heavy (non-hydrogen) atoms. The molecule has 0 saturated carbocycles. The lowest BCUT2D eigenvalue weighted by Crippen LogP contribution is -2.15. The van der Waals surface area contributed by atoms with Crippen molar-refractivity contribution in [1.29, 1.82) is 0 Å². The van der Waals surface area contributed by atoms with E-state index < -0.39 is 27.1 Å². The van der Waals surface area contributed by atoms with Crippen molar-refractivity contribution in [2.75, 3.05) is 0 Å². The smallest absolute Gasteiger partial charge is 0.280 e. The van der Waals surface area contributed by atoms with Crippen molar-refractivity contribution in [3.8, 4) is 0 Å². The Bertz CT molecular complexity index is 791. The van der Waals surface area contributed by atoms with Crippen LogP contribution in [0.5, 0.6) is 0 Å². The largest absolute Gasteiger partial charge is 0.324 e. The molecule has 0 saturated heterocycles. The van der Waals surface area contributed by atoms with E-state index in [1.165, 1.54) is 11.3 Å². The number of carbonyl (C=O) groups excluding carboxylic acids is 1. The molecule has 1 aromatic heterocycles. The fourth-order valence-corrected chi connectivity index (χ4v) is 2.50. The predicted octanol–water partition coefficient (Wildman–Crippen LogP) is 2.13. The number of nitrogens with zero attached hydrogens (tertiary/aromatic N) is 4. The molecule has 0 aliphatic rings. The summed E-state index contributed by atoms with van der Waals surface area (Å²) in [6.07, 6.45) is 1.74. The SMILES string of the molecule is CCn1ccsc1=NC(=O)c1cc([N+](=O)[O-])cc([N+](=O)[O-])c1. The highest BCUT2D eigenvalue weighted by atomic mass is 32.1. The number of amides is 1. The van der Waals surface area contributed by atoms with Crippen LogP contribution < -0.4 is 4.80 Å². The Hall–Kier alpha value is -2.88. The van der Waals surface area contributed by atoms with E-state index in [4.69, 9.17) is 0 Å². The molecule has 0 fully saturated rings. The number of benzene rings is 1. The molecule has 0 radical (unpaired) electrons. The molecule has 2 aromatic rings. The molecule has 114 valence electrons. The van der Waals surface area contributed by atoms with Gasteiger partial charge in [0.2, 0.25) is 0 Å². The third-order valence-electron chi connectivity index (χ3n) is 2.77. The summed E-state index contributed by atoms with van der Waals surface area (Å²) < 4.78 is 1.72. The van der Waals surface area contributed by atoms with Crippen molar-refractivity contribution < 1.29 is 14.6 Å². The molecular formula is C12H10N4O5S. The highest BCUT2D eigenvalue weighted by Gasteiger charge is 2.19. The number of nitro groups is 2.